The predicted octanol–water partition coefficient (Wildman–Crippen LogP) is 1.49. The van der Waals surface area contributed by atoms with Gasteiger partial charge < -0.3 is 4.98 Å². The normalized spacial score (nSPS) is 9.50. The minimum absolute atomic E-state index is 0.0892. The first kappa shape index (κ1) is 11.6. The highest BCUT2D eigenvalue weighted by atomic mass is 16.1. The van der Waals surface area contributed by atoms with Gasteiger partial charge in [0.15, 0.2) is 0 Å². The fraction of sp³-hybridized carbons (Fsp3) is 0.0769. The molecule has 5 nitrogen and oxygen atoms in total. The van der Waals surface area contributed by atoms with Gasteiger partial charge in [-0.2, -0.15) is 10.5 Å². The number of rotatable bonds is 1. The zero-order chi connectivity index (χ0) is 13.1. The minimum Gasteiger partial charge on any atom is -0.321 e. The van der Waals surface area contributed by atoms with Crippen LogP contribution in [-0.4, -0.2) is 9.97 Å². The van der Waals surface area contributed by atoms with Gasteiger partial charge in [0.25, 0.3) is 5.56 Å². The van der Waals surface area contributed by atoms with Crippen molar-refractivity contribution in [2.24, 2.45) is 0 Å². The monoisotopic (exact) mass is 236 g/mol. The average Bonchev–Trinajstić information content (AvgIpc) is 2.38. The summed E-state index contributed by atoms with van der Waals surface area (Å²) in [4.78, 5) is 18.1. The van der Waals surface area contributed by atoms with Crippen molar-refractivity contribution in [1.29, 1.82) is 10.5 Å². The molecule has 1 N–H and O–H groups in total. The fourth-order valence-corrected chi connectivity index (χ4v) is 1.69. The first-order valence-electron chi connectivity index (χ1n) is 5.16. The minimum atomic E-state index is -0.451. The molecule has 5 heteroatoms. The molecule has 0 aliphatic rings. The third-order valence-electron chi connectivity index (χ3n) is 2.57. The Morgan fingerprint density at radius 1 is 1.33 bits per heavy atom. The summed E-state index contributed by atoms with van der Waals surface area (Å²) in [5.41, 5.74) is 1.70. The fourth-order valence-electron chi connectivity index (χ4n) is 1.69. The molecule has 0 bridgehead atoms. The Kier molecular flexibility index (Phi) is 2.90. The summed E-state index contributed by atoms with van der Waals surface area (Å²) in [7, 11) is 0. The molecule has 0 amide bonds. The zero-order valence-electron chi connectivity index (χ0n) is 9.56. The van der Waals surface area contributed by atoms with Gasteiger partial charge in [0.1, 0.15) is 17.7 Å². The first-order chi connectivity index (χ1) is 8.67. The first-order valence-corrected chi connectivity index (χ1v) is 5.16. The summed E-state index contributed by atoms with van der Waals surface area (Å²) >= 11 is 0. The van der Waals surface area contributed by atoms with E-state index in [0.29, 0.717) is 22.4 Å². The Bertz CT molecular complexity index is 747. The molecule has 0 spiro atoms. The number of aromatic amines is 1. The van der Waals surface area contributed by atoms with Crippen LogP contribution in [0.1, 0.15) is 16.7 Å². The molecule has 0 saturated carbocycles. The SMILES string of the molecule is Cc1cc(-c2ccncc2C#N)[nH]c(=O)c1C#N. The van der Waals surface area contributed by atoms with Crippen LogP contribution in [0.15, 0.2) is 29.3 Å². The van der Waals surface area contributed by atoms with E-state index in [9.17, 15) is 4.79 Å². The van der Waals surface area contributed by atoms with E-state index in [1.807, 2.05) is 12.1 Å². The van der Waals surface area contributed by atoms with E-state index >= 15 is 0 Å². The average molecular weight is 236 g/mol. The molecule has 0 aliphatic carbocycles. The van der Waals surface area contributed by atoms with Crippen LogP contribution >= 0.6 is 0 Å². The van der Waals surface area contributed by atoms with Gasteiger partial charge in [0.2, 0.25) is 0 Å². The lowest BCUT2D eigenvalue weighted by Gasteiger charge is -2.05. The summed E-state index contributed by atoms with van der Waals surface area (Å²) in [5.74, 6) is 0. The number of nitrogens with one attached hydrogen (secondary N) is 1. The lowest BCUT2D eigenvalue weighted by Crippen LogP contribution is -2.13. The van der Waals surface area contributed by atoms with Crippen molar-refractivity contribution in [3.05, 3.63) is 51.6 Å². The lowest BCUT2D eigenvalue weighted by molar-refractivity contribution is 1.18. The van der Waals surface area contributed by atoms with Gasteiger partial charge in [-0.3, -0.25) is 9.78 Å². The van der Waals surface area contributed by atoms with Gasteiger partial charge >= 0.3 is 0 Å². The van der Waals surface area contributed by atoms with Gasteiger partial charge in [0.05, 0.1) is 11.3 Å². The largest absolute Gasteiger partial charge is 0.321 e. The van der Waals surface area contributed by atoms with Gasteiger partial charge in [-0.1, -0.05) is 0 Å². The second-order valence-electron chi connectivity index (χ2n) is 3.72. The van der Waals surface area contributed by atoms with Crippen LogP contribution in [0.4, 0.5) is 0 Å². The molecule has 86 valence electrons. The highest BCUT2D eigenvalue weighted by molar-refractivity contribution is 5.67. The Balaban J connectivity index is 2.72. The number of hydrogen-bond donors (Lipinski definition) is 1. The molecule has 18 heavy (non-hydrogen) atoms. The maximum absolute atomic E-state index is 11.7. The van der Waals surface area contributed by atoms with Crippen molar-refractivity contribution in [2.45, 2.75) is 6.92 Å². The van der Waals surface area contributed by atoms with Crippen molar-refractivity contribution >= 4 is 0 Å². The second kappa shape index (κ2) is 4.52. The molecule has 0 radical (unpaired) electrons. The Labute approximate surface area is 103 Å². The van der Waals surface area contributed by atoms with Gasteiger partial charge in [-0.15, -0.1) is 0 Å². The van der Waals surface area contributed by atoms with Gasteiger partial charge in [0, 0.05) is 18.0 Å². The molecule has 0 aliphatic heterocycles. The zero-order valence-corrected chi connectivity index (χ0v) is 9.56. The molecule has 2 rings (SSSR count). The summed E-state index contributed by atoms with van der Waals surface area (Å²) in [6.07, 6.45) is 2.98. The summed E-state index contributed by atoms with van der Waals surface area (Å²) in [6, 6.07) is 7.19. The molecule has 0 aromatic carbocycles. The quantitative estimate of drug-likeness (QED) is 0.811. The van der Waals surface area contributed by atoms with E-state index in [-0.39, 0.29) is 5.56 Å². The third kappa shape index (κ3) is 1.85. The highest BCUT2D eigenvalue weighted by Gasteiger charge is 2.10. The van der Waals surface area contributed by atoms with Crippen LogP contribution in [0, 0.1) is 29.6 Å². The number of hydrogen-bond acceptors (Lipinski definition) is 4. The van der Waals surface area contributed by atoms with E-state index < -0.39 is 5.56 Å². The van der Waals surface area contributed by atoms with Crippen molar-refractivity contribution in [3.63, 3.8) is 0 Å². The maximum atomic E-state index is 11.7. The molecule has 0 saturated heterocycles. The smallest absolute Gasteiger partial charge is 0.266 e. The molecule has 0 unspecified atom stereocenters. The van der Waals surface area contributed by atoms with Gasteiger partial charge in [-0.05, 0) is 24.6 Å². The van der Waals surface area contributed by atoms with Crippen LogP contribution in [-0.2, 0) is 0 Å². The second-order valence-corrected chi connectivity index (χ2v) is 3.72. The molecular weight excluding hydrogens is 228 g/mol. The summed E-state index contributed by atoms with van der Waals surface area (Å²) < 4.78 is 0. The van der Waals surface area contributed by atoms with Crippen LogP contribution in [0.3, 0.4) is 0 Å². The standard InChI is InChI=1S/C13H8N4O/c1-8-4-12(17-13(18)11(8)6-15)10-2-3-16-7-9(10)5-14/h2-4,7H,1H3,(H,17,18). The molecular formula is C13H8N4O. The number of H-pyrrole nitrogens is 1. The summed E-state index contributed by atoms with van der Waals surface area (Å²) in [5, 5.41) is 17.8. The molecule has 0 atom stereocenters. The number of aryl methyl sites for hydroxylation is 1. The van der Waals surface area contributed by atoms with Crippen molar-refractivity contribution in [2.75, 3.05) is 0 Å². The number of pyridine rings is 2. The Morgan fingerprint density at radius 2 is 2.11 bits per heavy atom. The Morgan fingerprint density at radius 3 is 2.72 bits per heavy atom. The molecule has 2 heterocycles. The van der Waals surface area contributed by atoms with Crippen LogP contribution in [0.2, 0.25) is 0 Å². The molecule has 2 aromatic rings. The van der Waals surface area contributed by atoms with Gasteiger partial charge in [-0.25, -0.2) is 0 Å². The number of aromatic nitrogens is 2. The van der Waals surface area contributed by atoms with E-state index in [1.54, 1.807) is 25.3 Å². The molecule has 2 aromatic heterocycles. The molecule has 0 fully saturated rings. The van der Waals surface area contributed by atoms with Crippen LogP contribution < -0.4 is 5.56 Å². The number of nitrogens with zero attached hydrogens (tertiary/aromatic N) is 3. The highest BCUT2D eigenvalue weighted by Crippen LogP contribution is 2.20. The topological polar surface area (TPSA) is 93.3 Å². The van der Waals surface area contributed by atoms with E-state index in [1.165, 1.54) is 6.20 Å². The van der Waals surface area contributed by atoms with E-state index in [0.717, 1.165) is 0 Å². The summed E-state index contributed by atoms with van der Waals surface area (Å²) in [6.45, 7) is 1.69. The van der Waals surface area contributed by atoms with E-state index in [2.05, 4.69) is 9.97 Å². The van der Waals surface area contributed by atoms with Crippen molar-refractivity contribution < 1.29 is 0 Å². The van der Waals surface area contributed by atoms with Crippen molar-refractivity contribution in [1.82, 2.24) is 9.97 Å². The van der Waals surface area contributed by atoms with Crippen LogP contribution in [0.5, 0.6) is 0 Å². The Hall–Kier alpha value is -2.92. The maximum Gasteiger partial charge on any atom is 0.266 e. The van der Waals surface area contributed by atoms with E-state index in [4.69, 9.17) is 10.5 Å². The predicted molar refractivity (Wildman–Crippen MR) is 64.5 cm³/mol. The van der Waals surface area contributed by atoms with Crippen LogP contribution in [0.25, 0.3) is 11.3 Å². The lowest BCUT2D eigenvalue weighted by atomic mass is 10.0. The number of nitriles is 2. The third-order valence-corrected chi connectivity index (χ3v) is 2.57. The van der Waals surface area contributed by atoms with Crippen molar-refractivity contribution in [3.8, 4) is 23.4 Å².